The highest BCUT2D eigenvalue weighted by Gasteiger charge is 2.03. The molecule has 0 fully saturated rings. The van der Waals surface area contributed by atoms with E-state index in [2.05, 4.69) is 22.1 Å². The SMILES string of the molecule is Nc1cc(Cc2cncc3ccccc23)ccn1. The molecule has 0 atom stereocenters. The first-order valence-electron chi connectivity index (χ1n) is 5.85. The molecule has 3 nitrogen and oxygen atoms in total. The molecular formula is C15H13N3. The Labute approximate surface area is 105 Å². The van der Waals surface area contributed by atoms with Crippen LogP contribution in [0.2, 0.25) is 0 Å². The number of fused-ring (bicyclic) bond motifs is 1. The molecule has 3 rings (SSSR count). The first kappa shape index (κ1) is 10.7. The summed E-state index contributed by atoms with van der Waals surface area (Å²) in [6.45, 7) is 0. The summed E-state index contributed by atoms with van der Waals surface area (Å²) in [5.41, 5.74) is 8.06. The lowest BCUT2D eigenvalue weighted by atomic mass is 10.0. The summed E-state index contributed by atoms with van der Waals surface area (Å²) < 4.78 is 0. The van der Waals surface area contributed by atoms with Crippen molar-refractivity contribution in [2.45, 2.75) is 6.42 Å². The van der Waals surface area contributed by atoms with Crippen LogP contribution < -0.4 is 5.73 Å². The zero-order valence-corrected chi connectivity index (χ0v) is 9.88. The fraction of sp³-hybridized carbons (Fsp3) is 0.0667. The van der Waals surface area contributed by atoms with E-state index in [1.807, 2.05) is 36.7 Å². The Hall–Kier alpha value is -2.42. The van der Waals surface area contributed by atoms with Gasteiger partial charge in [0.1, 0.15) is 5.82 Å². The van der Waals surface area contributed by atoms with Crippen LogP contribution in [0.15, 0.2) is 55.0 Å². The maximum absolute atomic E-state index is 5.70. The first-order valence-corrected chi connectivity index (χ1v) is 5.85. The molecule has 2 aromatic heterocycles. The Bertz CT molecular complexity index is 687. The summed E-state index contributed by atoms with van der Waals surface area (Å²) >= 11 is 0. The van der Waals surface area contributed by atoms with Crippen molar-refractivity contribution >= 4 is 16.6 Å². The van der Waals surface area contributed by atoms with Gasteiger partial charge in [0.2, 0.25) is 0 Å². The standard InChI is InChI=1S/C15H13N3/c16-15-8-11(5-6-18-15)7-13-10-17-9-12-3-1-2-4-14(12)13/h1-6,8-10H,7H2,(H2,16,18). The molecule has 0 saturated heterocycles. The van der Waals surface area contributed by atoms with Gasteiger partial charge < -0.3 is 5.73 Å². The highest BCUT2D eigenvalue weighted by atomic mass is 14.8. The van der Waals surface area contributed by atoms with Crippen molar-refractivity contribution in [3.8, 4) is 0 Å². The Morgan fingerprint density at radius 2 is 1.94 bits per heavy atom. The van der Waals surface area contributed by atoms with Crippen LogP contribution in [0.25, 0.3) is 10.8 Å². The smallest absolute Gasteiger partial charge is 0.123 e. The lowest BCUT2D eigenvalue weighted by molar-refractivity contribution is 1.15. The van der Waals surface area contributed by atoms with Gasteiger partial charge in [0.15, 0.2) is 0 Å². The molecule has 1 aromatic carbocycles. The van der Waals surface area contributed by atoms with E-state index in [4.69, 9.17) is 5.73 Å². The van der Waals surface area contributed by atoms with Crippen LogP contribution in [0.4, 0.5) is 5.82 Å². The number of benzene rings is 1. The molecule has 3 aromatic rings. The van der Waals surface area contributed by atoms with Crippen LogP contribution in [0.5, 0.6) is 0 Å². The molecule has 0 aliphatic heterocycles. The molecule has 0 aliphatic carbocycles. The molecule has 0 radical (unpaired) electrons. The number of nitrogens with two attached hydrogens (primary N) is 1. The Kier molecular flexibility index (Phi) is 2.65. The van der Waals surface area contributed by atoms with Gasteiger partial charge in [-0.05, 0) is 35.1 Å². The third-order valence-corrected chi connectivity index (χ3v) is 2.99. The molecule has 0 unspecified atom stereocenters. The molecule has 3 heteroatoms. The van der Waals surface area contributed by atoms with E-state index in [0.29, 0.717) is 5.82 Å². The maximum atomic E-state index is 5.70. The van der Waals surface area contributed by atoms with Gasteiger partial charge in [-0.3, -0.25) is 4.98 Å². The molecule has 18 heavy (non-hydrogen) atoms. The zero-order chi connectivity index (χ0) is 12.4. The Morgan fingerprint density at radius 3 is 2.83 bits per heavy atom. The van der Waals surface area contributed by atoms with Gasteiger partial charge in [0.05, 0.1) is 0 Å². The van der Waals surface area contributed by atoms with Crippen molar-refractivity contribution in [2.24, 2.45) is 0 Å². The van der Waals surface area contributed by atoms with Crippen molar-refractivity contribution in [2.75, 3.05) is 5.73 Å². The van der Waals surface area contributed by atoms with Gasteiger partial charge in [-0.25, -0.2) is 4.98 Å². The number of aromatic nitrogens is 2. The highest BCUT2D eigenvalue weighted by molar-refractivity contribution is 5.84. The molecule has 0 saturated carbocycles. The predicted octanol–water partition coefficient (Wildman–Crippen LogP) is 2.80. The van der Waals surface area contributed by atoms with E-state index >= 15 is 0 Å². The van der Waals surface area contributed by atoms with Gasteiger partial charge in [0.25, 0.3) is 0 Å². The lowest BCUT2D eigenvalue weighted by Gasteiger charge is -2.06. The third-order valence-electron chi connectivity index (χ3n) is 2.99. The molecule has 0 amide bonds. The second-order valence-electron chi connectivity index (χ2n) is 4.29. The van der Waals surface area contributed by atoms with E-state index in [9.17, 15) is 0 Å². The minimum Gasteiger partial charge on any atom is -0.384 e. The van der Waals surface area contributed by atoms with E-state index in [-0.39, 0.29) is 0 Å². The molecule has 2 heterocycles. The number of rotatable bonds is 2. The second-order valence-corrected chi connectivity index (χ2v) is 4.29. The van der Waals surface area contributed by atoms with Crippen molar-refractivity contribution in [3.63, 3.8) is 0 Å². The molecular weight excluding hydrogens is 222 g/mol. The van der Waals surface area contributed by atoms with Crippen molar-refractivity contribution < 1.29 is 0 Å². The normalized spacial score (nSPS) is 10.7. The topological polar surface area (TPSA) is 51.8 Å². The number of hydrogen-bond donors (Lipinski definition) is 1. The molecule has 2 N–H and O–H groups in total. The summed E-state index contributed by atoms with van der Waals surface area (Å²) in [5, 5.41) is 2.40. The van der Waals surface area contributed by atoms with Gasteiger partial charge in [-0.1, -0.05) is 24.3 Å². The number of anilines is 1. The van der Waals surface area contributed by atoms with Crippen molar-refractivity contribution in [3.05, 3.63) is 66.1 Å². The van der Waals surface area contributed by atoms with Crippen LogP contribution in [0, 0.1) is 0 Å². The van der Waals surface area contributed by atoms with Crippen LogP contribution in [-0.2, 0) is 6.42 Å². The van der Waals surface area contributed by atoms with Crippen LogP contribution >= 0.6 is 0 Å². The minimum absolute atomic E-state index is 0.556. The van der Waals surface area contributed by atoms with Gasteiger partial charge >= 0.3 is 0 Å². The number of hydrogen-bond acceptors (Lipinski definition) is 3. The Morgan fingerprint density at radius 1 is 1.06 bits per heavy atom. The van der Waals surface area contributed by atoms with Crippen molar-refractivity contribution in [1.82, 2.24) is 9.97 Å². The summed E-state index contributed by atoms with van der Waals surface area (Å²) in [7, 11) is 0. The largest absolute Gasteiger partial charge is 0.384 e. The van der Waals surface area contributed by atoms with Crippen LogP contribution in [0.3, 0.4) is 0 Å². The average molecular weight is 235 g/mol. The van der Waals surface area contributed by atoms with Gasteiger partial charge in [0, 0.05) is 24.0 Å². The fourth-order valence-corrected chi connectivity index (χ4v) is 2.14. The van der Waals surface area contributed by atoms with E-state index < -0.39 is 0 Å². The third kappa shape index (κ3) is 2.02. The maximum Gasteiger partial charge on any atom is 0.123 e. The quantitative estimate of drug-likeness (QED) is 0.743. The summed E-state index contributed by atoms with van der Waals surface area (Å²) in [4.78, 5) is 8.29. The van der Waals surface area contributed by atoms with Crippen molar-refractivity contribution in [1.29, 1.82) is 0 Å². The first-order chi connectivity index (χ1) is 8.83. The van der Waals surface area contributed by atoms with Crippen LogP contribution in [-0.4, -0.2) is 9.97 Å². The lowest BCUT2D eigenvalue weighted by Crippen LogP contribution is -1.95. The molecule has 0 bridgehead atoms. The van der Waals surface area contributed by atoms with Gasteiger partial charge in [-0.2, -0.15) is 0 Å². The summed E-state index contributed by atoms with van der Waals surface area (Å²) in [6, 6.07) is 12.2. The minimum atomic E-state index is 0.556. The average Bonchev–Trinajstić information content (AvgIpc) is 2.39. The van der Waals surface area contributed by atoms with E-state index in [1.165, 1.54) is 10.9 Å². The Balaban J connectivity index is 2.05. The van der Waals surface area contributed by atoms with E-state index in [1.54, 1.807) is 6.20 Å². The number of pyridine rings is 2. The highest BCUT2D eigenvalue weighted by Crippen LogP contribution is 2.20. The molecule has 0 spiro atoms. The summed E-state index contributed by atoms with van der Waals surface area (Å²) in [6.07, 6.45) is 6.36. The van der Waals surface area contributed by atoms with Gasteiger partial charge in [-0.15, -0.1) is 0 Å². The molecule has 0 aliphatic rings. The predicted molar refractivity (Wildman–Crippen MR) is 73.2 cm³/mol. The van der Waals surface area contributed by atoms with Crippen LogP contribution in [0.1, 0.15) is 11.1 Å². The second kappa shape index (κ2) is 4.45. The monoisotopic (exact) mass is 235 g/mol. The number of nitrogen functional groups attached to an aromatic ring is 1. The van der Waals surface area contributed by atoms with E-state index in [0.717, 1.165) is 17.4 Å². The number of nitrogens with zero attached hydrogens (tertiary/aromatic N) is 2. The zero-order valence-electron chi connectivity index (χ0n) is 9.88. The fourth-order valence-electron chi connectivity index (χ4n) is 2.14. The molecule has 88 valence electrons. The summed E-state index contributed by atoms with van der Waals surface area (Å²) in [5.74, 6) is 0.556.